The maximum absolute atomic E-state index is 11.8. The standard InChI is InChI=1S/C14H23N3O3/c1-17(2)14(18)11-4-5-13(12(15)10-11)16-6-7-20-9-8-19-3/h4-5,10,16H,6-9,15H2,1-3H3. The van der Waals surface area contributed by atoms with Crippen molar-refractivity contribution in [3.8, 4) is 0 Å². The summed E-state index contributed by atoms with van der Waals surface area (Å²) in [4.78, 5) is 13.3. The van der Waals surface area contributed by atoms with Crippen LogP contribution in [0, 0.1) is 0 Å². The zero-order valence-electron chi connectivity index (χ0n) is 12.3. The highest BCUT2D eigenvalue weighted by Gasteiger charge is 2.09. The zero-order valence-corrected chi connectivity index (χ0v) is 12.3. The van der Waals surface area contributed by atoms with Crippen LogP contribution in [0.3, 0.4) is 0 Å². The van der Waals surface area contributed by atoms with Gasteiger partial charge in [-0.15, -0.1) is 0 Å². The van der Waals surface area contributed by atoms with Gasteiger partial charge < -0.3 is 25.4 Å². The first-order chi connectivity index (χ1) is 9.56. The van der Waals surface area contributed by atoms with Crippen molar-refractivity contribution in [3.63, 3.8) is 0 Å². The maximum atomic E-state index is 11.8. The minimum atomic E-state index is -0.0638. The minimum Gasteiger partial charge on any atom is -0.397 e. The fourth-order valence-electron chi connectivity index (χ4n) is 1.62. The van der Waals surface area contributed by atoms with Gasteiger partial charge in [-0.1, -0.05) is 0 Å². The summed E-state index contributed by atoms with van der Waals surface area (Å²) in [5, 5.41) is 3.17. The predicted octanol–water partition coefficient (Wildman–Crippen LogP) is 1.05. The molecule has 1 rings (SSSR count). The lowest BCUT2D eigenvalue weighted by atomic mass is 10.1. The molecule has 0 aliphatic carbocycles. The van der Waals surface area contributed by atoms with E-state index < -0.39 is 0 Å². The Labute approximate surface area is 119 Å². The number of amides is 1. The molecule has 1 amide bonds. The van der Waals surface area contributed by atoms with Crippen molar-refractivity contribution in [2.24, 2.45) is 0 Å². The fourth-order valence-corrected chi connectivity index (χ4v) is 1.62. The topological polar surface area (TPSA) is 76.8 Å². The Morgan fingerprint density at radius 2 is 2.05 bits per heavy atom. The Morgan fingerprint density at radius 1 is 1.30 bits per heavy atom. The van der Waals surface area contributed by atoms with E-state index in [9.17, 15) is 4.79 Å². The number of hydrogen-bond acceptors (Lipinski definition) is 5. The van der Waals surface area contributed by atoms with Crippen LogP contribution in [0.15, 0.2) is 18.2 Å². The zero-order chi connectivity index (χ0) is 15.0. The quantitative estimate of drug-likeness (QED) is 0.550. The number of methoxy groups -OCH3 is 1. The summed E-state index contributed by atoms with van der Waals surface area (Å²) in [6.45, 7) is 2.38. The third-order valence-corrected chi connectivity index (χ3v) is 2.70. The van der Waals surface area contributed by atoms with Crippen LogP contribution in [0.25, 0.3) is 0 Å². The van der Waals surface area contributed by atoms with Gasteiger partial charge in [-0.2, -0.15) is 0 Å². The Balaban J connectivity index is 2.46. The van der Waals surface area contributed by atoms with Gasteiger partial charge in [0, 0.05) is 33.3 Å². The summed E-state index contributed by atoms with van der Waals surface area (Å²) in [6, 6.07) is 5.24. The highest BCUT2D eigenvalue weighted by atomic mass is 16.5. The van der Waals surface area contributed by atoms with Gasteiger partial charge in [-0.25, -0.2) is 0 Å². The Morgan fingerprint density at radius 3 is 2.65 bits per heavy atom. The van der Waals surface area contributed by atoms with Crippen molar-refractivity contribution in [3.05, 3.63) is 23.8 Å². The van der Waals surface area contributed by atoms with Crippen LogP contribution in [0.4, 0.5) is 11.4 Å². The van der Waals surface area contributed by atoms with Crippen LogP contribution < -0.4 is 11.1 Å². The summed E-state index contributed by atoms with van der Waals surface area (Å²) >= 11 is 0. The van der Waals surface area contributed by atoms with Gasteiger partial charge in [0.15, 0.2) is 0 Å². The summed E-state index contributed by atoms with van der Waals surface area (Å²) in [7, 11) is 5.06. The number of anilines is 2. The van der Waals surface area contributed by atoms with Crippen molar-refractivity contribution in [2.75, 3.05) is 58.6 Å². The number of nitrogens with one attached hydrogen (secondary N) is 1. The molecular formula is C14H23N3O3. The van der Waals surface area contributed by atoms with E-state index >= 15 is 0 Å². The normalized spacial score (nSPS) is 10.3. The molecule has 0 aromatic heterocycles. The number of ether oxygens (including phenoxy) is 2. The number of nitrogens with two attached hydrogens (primary N) is 1. The molecule has 6 heteroatoms. The number of nitrogens with zero attached hydrogens (tertiary/aromatic N) is 1. The number of nitrogen functional groups attached to an aromatic ring is 1. The van der Waals surface area contributed by atoms with Crippen LogP contribution in [0.1, 0.15) is 10.4 Å². The average molecular weight is 281 g/mol. The number of carbonyl (C=O) groups is 1. The van der Waals surface area contributed by atoms with Crippen LogP contribution in [0.5, 0.6) is 0 Å². The van der Waals surface area contributed by atoms with E-state index in [2.05, 4.69) is 5.32 Å². The van der Waals surface area contributed by atoms with E-state index in [0.717, 1.165) is 5.69 Å². The first-order valence-corrected chi connectivity index (χ1v) is 6.48. The van der Waals surface area contributed by atoms with Crippen LogP contribution in [0.2, 0.25) is 0 Å². The second-order valence-electron chi connectivity index (χ2n) is 4.53. The molecule has 1 aromatic rings. The van der Waals surface area contributed by atoms with Crippen molar-refractivity contribution in [1.29, 1.82) is 0 Å². The second-order valence-corrected chi connectivity index (χ2v) is 4.53. The van der Waals surface area contributed by atoms with Gasteiger partial charge in [-0.3, -0.25) is 4.79 Å². The molecule has 6 nitrogen and oxygen atoms in total. The lowest BCUT2D eigenvalue weighted by Gasteiger charge is -2.13. The van der Waals surface area contributed by atoms with Crippen molar-refractivity contribution >= 4 is 17.3 Å². The molecule has 0 saturated heterocycles. The SMILES string of the molecule is COCCOCCNc1ccc(C(=O)N(C)C)cc1N. The molecule has 0 aliphatic rings. The average Bonchev–Trinajstić information content (AvgIpc) is 2.43. The molecule has 20 heavy (non-hydrogen) atoms. The molecule has 3 N–H and O–H groups in total. The lowest BCUT2D eigenvalue weighted by molar-refractivity contribution is 0.0759. The molecule has 0 bridgehead atoms. The molecule has 0 unspecified atom stereocenters. The van der Waals surface area contributed by atoms with Crippen molar-refractivity contribution < 1.29 is 14.3 Å². The molecule has 0 atom stereocenters. The molecule has 1 aromatic carbocycles. The fraction of sp³-hybridized carbons (Fsp3) is 0.500. The van der Waals surface area contributed by atoms with Gasteiger partial charge >= 0.3 is 0 Å². The first-order valence-electron chi connectivity index (χ1n) is 6.48. The molecular weight excluding hydrogens is 258 g/mol. The number of hydrogen-bond donors (Lipinski definition) is 2. The Kier molecular flexibility index (Phi) is 6.83. The molecule has 0 aliphatic heterocycles. The summed E-state index contributed by atoms with van der Waals surface area (Å²) in [5.41, 5.74) is 7.86. The number of rotatable bonds is 8. The van der Waals surface area contributed by atoms with E-state index in [1.54, 1.807) is 39.4 Å². The van der Waals surface area contributed by atoms with Gasteiger partial charge in [0.2, 0.25) is 0 Å². The predicted molar refractivity (Wildman–Crippen MR) is 80.1 cm³/mol. The van der Waals surface area contributed by atoms with Crippen LogP contribution in [-0.4, -0.2) is 58.4 Å². The minimum absolute atomic E-state index is 0.0638. The first kappa shape index (κ1) is 16.3. The van der Waals surface area contributed by atoms with Gasteiger partial charge in [-0.05, 0) is 18.2 Å². The molecule has 112 valence electrons. The third kappa shape index (κ3) is 5.07. The van der Waals surface area contributed by atoms with E-state index in [4.69, 9.17) is 15.2 Å². The molecule has 0 saturated carbocycles. The van der Waals surface area contributed by atoms with Crippen molar-refractivity contribution in [1.82, 2.24) is 4.90 Å². The summed E-state index contributed by atoms with van der Waals surface area (Å²) in [5.74, 6) is -0.0638. The largest absolute Gasteiger partial charge is 0.397 e. The van der Waals surface area contributed by atoms with E-state index in [1.165, 1.54) is 4.90 Å². The van der Waals surface area contributed by atoms with E-state index in [-0.39, 0.29) is 5.91 Å². The number of benzene rings is 1. The molecule has 0 fully saturated rings. The molecule has 0 spiro atoms. The summed E-state index contributed by atoms with van der Waals surface area (Å²) in [6.07, 6.45) is 0. The lowest BCUT2D eigenvalue weighted by Crippen LogP contribution is -2.22. The van der Waals surface area contributed by atoms with E-state index in [0.29, 0.717) is 37.6 Å². The molecule has 0 radical (unpaired) electrons. The third-order valence-electron chi connectivity index (χ3n) is 2.70. The highest BCUT2D eigenvalue weighted by Crippen LogP contribution is 2.20. The maximum Gasteiger partial charge on any atom is 0.253 e. The van der Waals surface area contributed by atoms with Crippen LogP contribution in [-0.2, 0) is 9.47 Å². The van der Waals surface area contributed by atoms with Gasteiger partial charge in [0.1, 0.15) is 0 Å². The van der Waals surface area contributed by atoms with Gasteiger partial charge in [0.25, 0.3) is 5.91 Å². The highest BCUT2D eigenvalue weighted by molar-refractivity contribution is 5.95. The van der Waals surface area contributed by atoms with Crippen LogP contribution >= 0.6 is 0 Å². The van der Waals surface area contributed by atoms with E-state index in [1.807, 2.05) is 0 Å². The Hall–Kier alpha value is -1.79. The molecule has 0 heterocycles. The number of carbonyl (C=O) groups excluding carboxylic acids is 1. The van der Waals surface area contributed by atoms with Gasteiger partial charge in [0.05, 0.1) is 31.2 Å². The summed E-state index contributed by atoms with van der Waals surface area (Å²) < 4.78 is 10.2. The van der Waals surface area contributed by atoms with Crippen molar-refractivity contribution in [2.45, 2.75) is 0 Å². The second kappa shape index (κ2) is 8.39. The Bertz CT molecular complexity index is 436. The monoisotopic (exact) mass is 281 g/mol. The smallest absolute Gasteiger partial charge is 0.253 e.